The molecule has 1 unspecified atom stereocenters. The maximum absolute atomic E-state index is 2.43. The molecule has 4 rings (SSSR count). The Balaban J connectivity index is 1.73. The molecular weight excluding hydrogens is 300 g/mol. The van der Waals surface area contributed by atoms with Crippen LogP contribution in [0.3, 0.4) is 0 Å². The summed E-state index contributed by atoms with van der Waals surface area (Å²) in [6, 6.07) is 17.6. The van der Waals surface area contributed by atoms with Crippen LogP contribution in [0.4, 0.5) is 0 Å². The smallest absolute Gasteiger partial charge is 0.0597 e. The molecule has 1 aliphatic heterocycles. The van der Waals surface area contributed by atoms with Gasteiger partial charge in [0.1, 0.15) is 0 Å². The van der Waals surface area contributed by atoms with Crippen molar-refractivity contribution in [1.29, 1.82) is 0 Å². The van der Waals surface area contributed by atoms with Crippen molar-refractivity contribution in [2.45, 2.75) is 24.2 Å². The van der Waals surface area contributed by atoms with Crippen molar-refractivity contribution in [3.63, 3.8) is 0 Å². The lowest BCUT2D eigenvalue weighted by molar-refractivity contribution is 0.412. The van der Waals surface area contributed by atoms with Crippen LogP contribution in [0.25, 0.3) is 10.9 Å². The fourth-order valence-corrected chi connectivity index (χ4v) is 4.39. The third-order valence-corrected chi connectivity index (χ3v) is 5.75. The topological polar surface area (TPSA) is 8.17 Å². The molecule has 0 aliphatic carbocycles. The molecule has 0 N–H and O–H groups in total. The molecule has 3 aromatic rings. The first-order chi connectivity index (χ1) is 11.2. The average molecular weight is 322 g/mol. The Bertz CT molecular complexity index is 819. The minimum Gasteiger partial charge on any atom is -0.306 e. The molecule has 3 heteroatoms. The molecule has 0 saturated carbocycles. The molecule has 1 aliphatic rings. The number of aromatic nitrogens is 1. The second kappa shape index (κ2) is 6.06. The van der Waals surface area contributed by atoms with Crippen LogP contribution in [0.5, 0.6) is 0 Å². The number of likely N-dealkylation sites (tertiary alicyclic amines) is 1. The van der Waals surface area contributed by atoms with Gasteiger partial charge < -0.3 is 4.90 Å². The van der Waals surface area contributed by atoms with Crippen molar-refractivity contribution < 1.29 is 0 Å². The van der Waals surface area contributed by atoms with Crippen LogP contribution < -0.4 is 0 Å². The van der Waals surface area contributed by atoms with Gasteiger partial charge in [0.15, 0.2) is 0 Å². The van der Waals surface area contributed by atoms with Gasteiger partial charge in [-0.2, -0.15) is 0 Å². The van der Waals surface area contributed by atoms with Crippen molar-refractivity contribution >= 4 is 22.9 Å². The summed E-state index contributed by atoms with van der Waals surface area (Å²) in [6.07, 6.45) is 3.62. The molecule has 118 valence electrons. The summed E-state index contributed by atoms with van der Waals surface area (Å²) in [6.45, 7) is 4.51. The van der Waals surface area contributed by atoms with Crippen LogP contribution in [-0.4, -0.2) is 29.0 Å². The molecule has 0 radical (unpaired) electrons. The highest BCUT2D eigenvalue weighted by atomic mass is 32.2. The first kappa shape index (κ1) is 14.9. The highest BCUT2D eigenvalue weighted by Crippen LogP contribution is 2.36. The van der Waals surface area contributed by atoms with Gasteiger partial charge in [-0.25, -0.2) is 0 Å². The number of nitrogens with zero attached hydrogens (tertiary/aromatic N) is 2. The lowest BCUT2D eigenvalue weighted by Gasteiger charge is -2.09. The number of aryl methyl sites for hydroxylation is 1. The van der Waals surface area contributed by atoms with Crippen LogP contribution in [0.2, 0.25) is 0 Å². The van der Waals surface area contributed by atoms with Gasteiger partial charge >= 0.3 is 0 Å². The Hall–Kier alpha value is -1.71. The number of benzene rings is 2. The minimum absolute atomic E-state index is 0.657. The number of fused-ring (bicyclic) bond motifs is 1. The molecule has 2 nitrogen and oxygen atoms in total. The van der Waals surface area contributed by atoms with E-state index in [0.717, 1.165) is 0 Å². The second-order valence-corrected chi connectivity index (χ2v) is 7.63. The lowest BCUT2D eigenvalue weighted by Crippen LogP contribution is -2.13. The van der Waals surface area contributed by atoms with Crippen molar-refractivity contribution in [1.82, 2.24) is 8.87 Å². The summed E-state index contributed by atoms with van der Waals surface area (Å²) < 4.78 is 2.34. The summed E-state index contributed by atoms with van der Waals surface area (Å²) in [5.74, 6) is 0.657. The monoisotopic (exact) mass is 322 g/mol. The van der Waals surface area contributed by atoms with Gasteiger partial charge in [-0.15, -0.1) is 0 Å². The van der Waals surface area contributed by atoms with Crippen LogP contribution in [-0.2, 0) is 0 Å². The van der Waals surface area contributed by atoms with E-state index in [4.69, 9.17) is 0 Å². The number of para-hydroxylation sites is 1. The predicted molar refractivity (Wildman–Crippen MR) is 99.2 cm³/mol. The third kappa shape index (κ3) is 2.91. The molecule has 23 heavy (non-hydrogen) atoms. The second-order valence-electron chi connectivity index (χ2n) is 6.58. The molecule has 1 fully saturated rings. The largest absolute Gasteiger partial charge is 0.306 e. The SMILES string of the molecule is Cc1ccc(Sn2cc(C3CCN(C)C3)c3ccccc32)cc1. The molecule has 2 heterocycles. The van der Waals surface area contributed by atoms with Gasteiger partial charge in [-0.05, 0) is 68.6 Å². The van der Waals surface area contributed by atoms with Crippen LogP contribution in [0.15, 0.2) is 59.6 Å². The molecule has 1 aromatic heterocycles. The van der Waals surface area contributed by atoms with E-state index in [2.05, 4.69) is 77.6 Å². The first-order valence-corrected chi connectivity index (χ1v) is 9.01. The summed E-state index contributed by atoms with van der Waals surface area (Å²) in [5.41, 5.74) is 4.13. The fraction of sp³-hybridized carbons (Fsp3) is 0.300. The van der Waals surface area contributed by atoms with Gasteiger partial charge in [-0.3, -0.25) is 3.97 Å². The Kier molecular flexibility index (Phi) is 3.92. The quantitative estimate of drug-likeness (QED) is 0.676. The predicted octanol–water partition coefficient (Wildman–Crippen LogP) is 4.92. The zero-order valence-corrected chi connectivity index (χ0v) is 14.5. The number of hydrogen-bond donors (Lipinski definition) is 0. The Morgan fingerprint density at radius 1 is 1.04 bits per heavy atom. The summed E-state index contributed by atoms with van der Waals surface area (Å²) in [7, 11) is 2.22. The molecular formula is C20H22N2S. The summed E-state index contributed by atoms with van der Waals surface area (Å²) >= 11 is 1.81. The van der Waals surface area contributed by atoms with Crippen molar-refractivity contribution in [3.05, 3.63) is 65.9 Å². The zero-order valence-electron chi connectivity index (χ0n) is 13.7. The minimum atomic E-state index is 0.657. The molecule has 0 amide bonds. The normalized spacial score (nSPS) is 18.8. The van der Waals surface area contributed by atoms with E-state index < -0.39 is 0 Å². The van der Waals surface area contributed by atoms with E-state index in [9.17, 15) is 0 Å². The number of likely N-dealkylation sites (N-methyl/N-ethyl adjacent to an activating group) is 1. The standard InChI is InChI=1S/C20H22N2S/c1-15-7-9-17(10-8-15)23-22-14-19(16-11-12-21(2)13-16)18-5-3-4-6-20(18)22/h3-10,14,16H,11-13H2,1-2H3. The Morgan fingerprint density at radius 3 is 2.57 bits per heavy atom. The van der Waals surface area contributed by atoms with E-state index in [-0.39, 0.29) is 0 Å². The van der Waals surface area contributed by atoms with Crippen LogP contribution >= 0.6 is 11.9 Å². The Labute approximate surface area is 142 Å². The molecule has 0 spiro atoms. The van der Waals surface area contributed by atoms with E-state index in [1.807, 2.05) is 11.9 Å². The number of hydrogen-bond acceptors (Lipinski definition) is 2. The molecule has 2 aromatic carbocycles. The third-order valence-electron chi connectivity index (χ3n) is 4.76. The van der Waals surface area contributed by atoms with E-state index in [1.165, 1.54) is 46.4 Å². The van der Waals surface area contributed by atoms with E-state index in [1.54, 1.807) is 0 Å². The van der Waals surface area contributed by atoms with Crippen molar-refractivity contribution in [2.75, 3.05) is 20.1 Å². The van der Waals surface area contributed by atoms with Crippen LogP contribution in [0.1, 0.15) is 23.5 Å². The molecule has 1 atom stereocenters. The van der Waals surface area contributed by atoms with Crippen molar-refractivity contribution in [3.8, 4) is 0 Å². The summed E-state index contributed by atoms with van der Waals surface area (Å²) in [4.78, 5) is 3.72. The number of rotatable bonds is 3. The highest BCUT2D eigenvalue weighted by molar-refractivity contribution is 7.98. The van der Waals surface area contributed by atoms with E-state index in [0.29, 0.717) is 5.92 Å². The Morgan fingerprint density at radius 2 is 1.83 bits per heavy atom. The van der Waals surface area contributed by atoms with Crippen LogP contribution in [0, 0.1) is 6.92 Å². The fourth-order valence-electron chi connectivity index (χ4n) is 3.48. The average Bonchev–Trinajstić information content (AvgIpc) is 3.14. The maximum Gasteiger partial charge on any atom is 0.0597 e. The zero-order chi connectivity index (χ0) is 15.8. The van der Waals surface area contributed by atoms with Gasteiger partial charge in [0.05, 0.1) is 5.52 Å². The first-order valence-electron chi connectivity index (χ1n) is 8.24. The van der Waals surface area contributed by atoms with Gasteiger partial charge in [0, 0.05) is 23.0 Å². The van der Waals surface area contributed by atoms with Gasteiger partial charge in [-0.1, -0.05) is 35.9 Å². The van der Waals surface area contributed by atoms with E-state index >= 15 is 0 Å². The highest BCUT2D eigenvalue weighted by Gasteiger charge is 2.24. The van der Waals surface area contributed by atoms with Gasteiger partial charge in [0.2, 0.25) is 0 Å². The van der Waals surface area contributed by atoms with Gasteiger partial charge in [0.25, 0.3) is 0 Å². The summed E-state index contributed by atoms with van der Waals surface area (Å²) in [5, 5.41) is 1.41. The van der Waals surface area contributed by atoms with Crippen molar-refractivity contribution in [2.24, 2.45) is 0 Å². The molecule has 1 saturated heterocycles. The maximum atomic E-state index is 2.43. The lowest BCUT2D eigenvalue weighted by atomic mass is 9.98. The molecule has 0 bridgehead atoms.